The maximum Gasteiger partial charge on any atom is 0.225 e. The molecule has 0 aliphatic carbocycles. The van der Waals surface area contributed by atoms with Gasteiger partial charge in [0.25, 0.3) is 0 Å². The van der Waals surface area contributed by atoms with Gasteiger partial charge in [-0.1, -0.05) is 63.2 Å². The van der Waals surface area contributed by atoms with Gasteiger partial charge in [0.1, 0.15) is 5.82 Å². The van der Waals surface area contributed by atoms with Crippen LogP contribution in [0.3, 0.4) is 0 Å². The van der Waals surface area contributed by atoms with Gasteiger partial charge in [-0.25, -0.2) is 4.98 Å². The molecule has 0 radical (unpaired) electrons. The quantitative estimate of drug-likeness (QED) is 0.552. The van der Waals surface area contributed by atoms with Crippen LogP contribution in [0, 0.1) is 0 Å². The van der Waals surface area contributed by atoms with Crippen LogP contribution in [0.25, 0.3) is 11.3 Å². The first-order chi connectivity index (χ1) is 13.5. The Morgan fingerprint density at radius 3 is 2.29 bits per heavy atom. The second-order valence-electron chi connectivity index (χ2n) is 7.70. The zero-order valence-corrected chi connectivity index (χ0v) is 17.0. The van der Waals surface area contributed by atoms with E-state index in [0.717, 1.165) is 22.8 Å². The summed E-state index contributed by atoms with van der Waals surface area (Å²) in [5.74, 6) is 1.32. The minimum absolute atomic E-state index is 0.131. The van der Waals surface area contributed by atoms with Crippen molar-refractivity contribution >= 4 is 17.5 Å². The standard InChI is InChI=1S/C23H28N4O/c1-23(2,3)18-10-12-19(13-11-18)25-21-16-20(17-8-6-5-7-9-17)26-22(27-21)24-14-15-28-4/h5-13,16H,14-15H2,1-4H3,(H2,24,25,26,27). The second kappa shape index (κ2) is 8.85. The average molecular weight is 377 g/mol. The fourth-order valence-corrected chi connectivity index (χ4v) is 2.81. The number of anilines is 3. The van der Waals surface area contributed by atoms with E-state index in [1.807, 2.05) is 36.4 Å². The number of methoxy groups -OCH3 is 1. The van der Waals surface area contributed by atoms with Crippen molar-refractivity contribution in [3.8, 4) is 11.3 Å². The predicted molar refractivity (Wildman–Crippen MR) is 116 cm³/mol. The zero-order chi connectivity index (χ0) is 20.0. The molecule has 1 heterocycles. The van der Waals surface area contributed by atoms with Crippen LogP contribution in [0.15, 0.2) is 60.7 Å². The van der Waals surface area contributed by atoms with Gasteiger partial charge in [-0.2, -0.15) is 4.98 Å². The summed E-state index contributed by atoms with van der Waals surface area (Å²) in [5.41, 5.74) is 4.34. The van der Waals surface area contributed by atoms with Crippen LogP contribution in [0.4, 0.5) is 17.5 Å². The molecule has 146 valence electrons. The Kier molecular flexibility index (Phi) is 6.26. The van der Waals surface area contributed by atoms with E-state index in [1.165, 1.54) is 5.56 Å². The fourth-order valence-electron chi connectivity index (χ4n) is 2.81. The first-order valence-corrected chi connectivity index (χ1v) is 9.50. The van der Waals surface area contributed by atoms with E-state index in [-0.39, 0.29) is 5.41 Å². The molecular formula is C23H28N4O. The van der Waals surface area contributed by atoms with Gasteiger partial charge in [0.05, 0.1) is 12.3 Å². The molecule has 0 amide bonds. The molecule has 0 atom stereocenters. The molecule has 0 unspecified atom stereocenters. The van der Waals surface area contributed by atoms with E-state index >= 15 is 0 Å². The zero-order valence-electron chi connectivity index (χ0n) is 17.0. The molecule has 3 aromatic rings. The Balaban J connectivity index is 1.87. The van der Waals surface area contributed by atoms with Crippen molar-refractivity contribution in [2.45, 2.75) is 26.2 Å². The summed E-state index contributed by atoms with van der Waals surface area (Å²) in [7, 11) is 1.68. The van der Waals surface area contributed by atoms with E-state index in [9.17, 15) is 0 Å². The van der Waals surface area contributed by atoms with Gasteiger partial charge >= 0.3 is 0 Å². The number of aromatic nitrogens is 2. The Morgan fingerprint density at radius 1 is 0.929 bits per heavy atom. The summed E-state index contributed by atoms with van der Waals surface area (Å²) in [6.45, 7) is 7.88. The summed E-state index contributed by atoms with van der Waals surface area (Å²) in [6, 6.07) is 20.5. The fraction of sp³-hybridized carbons (Fsp3) is 0.304. The molecule has 2 N–H and O–H groups in total. The van der Waals surface area contributed by atoms with E-state index in [1.54, 1.807) is 7.11 Å². The number of hydrogen-bond donors (Lipinski definition) is 2. The van der Waals surface area contributed by atoms with Gasteiger partial charge in [-0.3, -0.25) is 0 Å². The lowest BCUT2D eigenvalue weighted by atomic mass is 9.87. The van der Waals surface area contributed by atoms with Gasteiger partial charge in [0, 0.05) is 31.0 Å². The van der Waals surface area contributed by atoms with Crippen molar-refractivity contribution in [3.05, 3.63) is 66.2 Å². The van der Waals surface area contributed by atoms with E-state index in [2.05, 4.69) is 65.6 Å². The van der Waals surface area contributed by atoms with Gasteiger partial charge in [0.15, 0.2) is 0 Å². The Morgan fingerprint density at radius 2 is 1.64 bits per heavy atom. The Hall–Kier alpha value is -2.92. The van der Waals surface area contributed by atoms with Crippen LogP contribution < -0.4 is 10.6 Å². The molecule has 0 saturated heterocycles. The Labute approximate surface area is 167 Å². The van der Waals surface area contributed by atoms with Crippen molar-refractivity contribution < 1.29 is 4.74 Å². The third-order valence-electron chi connectivity index (χ3n) is 4.41. The van der Waals surface area contributed by atoms with Crippen LogP contribution in [0.2, 0.25) is 0 Å². The van der Waals surface area contributed by atoms with Gasteiger partial charge in [0.2, 0.25) is 5.95 Å². The molecule has 0 saturated carbocycles. The van der Waals surface area contributed by atoms with Crippen molar-refractivity contribution in [3.63, 3.8) is 0 Å². The van der Waals surface area contributed by atoms with Crippen LogP contribution in [0.5, 0.6) is 0 Å². The molecule has 5 nitrogen and oxygen atoms in total. The summed E-state index contributed by atoms with van der Waals surface area (Å²) < 4.78 is 5.11. The van der Waals surface area contributed by atoms with Crippen LogP contribution in [-0.4, -0.2) is 30.2 Å². The molecule has 1 aromatic heterocycles. The predicted octanol–water partition coefficient (Wildman–Crippen LogP) is 5.24. The molecule has 3 rings (SSSR count). The number of hydrogen-bond acceptors (Lipinski definition) is 5. The molecule has 2 aromatic carbocycles. The van der Waals surface area contributed by atoms with Crippen molar-refractivity contribution in [1.29, 1.82) is 0 Å². The van der Waals surface area contributed by atoms with Gasteiger partial charge in [-0.05, 0) is 23.1 Å². The third-order valence-corrected chi connectivity index (χ3v) is 4.41. The Bertz CT molecular complexity index is 887. The molecule has 0 spiro atoms. The third kappa shape index (κ3) is 5.30. The van der Waals surface area contributed by atoms with Crippen LogP contribution in [-0.2, 0) is 10.2 Å². The highest BCUT2D eigenvalue weighted by molar-refractivity contribution is 5.67. The number of nitrogens with zero attached hydrogens (tertiary/aromatic N) is 2. The largest absolute Gasteiger partial charge is 0.383 e. The lowest BCUT2D eigenvalue weighted by molar-refractivity contribution is 0.210. The molecule has 0 fully saturated rings. The number of nitrogens with one attached hydrogen (secondary N) is 2. The molecule has 0 aliphatic rings. The van der Waals surface area contributed by atoms with Crippen molar-refractivity contribution in [2.24, 2.45) is 0 Å². The lowest BCUT2D eigenvalue weighted by Crippen LogP contribution is -2.12. The molecule has 0 aliphatic heterocycles. The maximum absolute atomic E-state index is 5.11. The topological polar surface area (TPSA) is 59.1 Å². The minimum Gasteiger partial charge on any atom is -0.383 e. The van der Waals surface area contributed by atoms with E-state index in [4.69, 9.17) is 4.74 Å². The van der Waals surface area contributed by atoms with Gasteiger partial charge < -0.3 is 15.4 Å². The first-order valence-electron chi connectivity index (χ1n) is 9.50. The SMILES string of the molecule is COCCNc1nc(Nc2ccc(C(C)(C)C)cc2)cc(-c2ccccc2)n1. The van der Waals surface area contributed by atoms with E-state index in [0.29, 0.717) is 19.1 Å². The van der Waals surface area contributed by atoms with Gasteiger partial charge in [-0.15, -0.1) is 0 Å². The molecule has 0 bridgehead atoms. The second-order valence-corrected chi connectivity index (χ2v) is 7.70. The number of ether oxygens (including phenoxy) is 1. The number of rotatable bonds is 7. The highest BCUT2D eigenvalue weighted by Gasteiger charge is 2.13. The monoisotopic (exact) mass is 376 g/mol. The summed E-state index contributed by atoms with van der Waals surface area (Å²) >= 11 is 0. The first kappa shape index (κ1) is 19.8. The molecular weight excluding hydrogens is 348 g/mol. The number of benzene rings is 2. The maximum atomic E-state index is 5.11. The normalized spacial score (nSPS) is 11.3. The molecule has 28 heavy (non-hydrogen) atoms. The van der Waals surface area contributed by atoms with Crippen molar-refractivity contribution in [2.75, 3.05) is 30.9 Å². The highest BCUT2D eigenvalue weighted by Crippen LogP contribution is 2.26. The minimum atomic E-state index is 0.131. The van der Waals surface area contributed by atoms with E-state index < -0.39 is 0 Å². The lowest BCUT2D eigenvalue weighted by Gasteiger charge is -2.19. The summed E-state index contributed by atoms with van der Waals surface area (Å²) in [6.07, 6.45) is 0. The van der Waals surface area contributed by atoms with Crippen LogP contribution in [0.1, 0.15) is 26.3 Å². The van der Waals surface area contributed by atoms with Crippen LogP contribution >= 0.6 is 0 Å². The molecule has 5 heteroatoms. The average Bonchev–Trinajstić information content (AvgIpc) is 2.68. The smallest absolute Gasteiger partial charge is 0.225 e. The summed E-state index contributed by atoms with van der Waals surface area (Å²) in [5, 5.41) is 6.62. The summed E-state index contributed by atoms with van der Waals surface area (Å²) in [4.78, 5) is 9.25. The van der Waals surface area contributed by atoms with Crippen molar-refractivity contribution in [1.82, 2.24) is 9.97 Å². The highest BCUT2D eigenvalue weighted by atomic mass is 16.5.